The maximum Gasteiger partial charge on any atom is 0.307 e. The molecule has 0 aliphatic heterocycles. The van der Waals surface area contributed by atoms with E-state index in [4.69, 9.17) is 21.4 Å². The summed E-state index contributed by atoms with van der Waals surface area (Å²) < 4.78 is 7.86. The standard InChI is InChI=1S/C23H27ClN2O3/c1-4-5-6-9-29-19-8-7-18(20(24)13-19)14-26-16(3)25-23-15(2)10-17(11-21(23)26)12-22(27)28/h7-8,10-11,13H,4-6,9,12,14H2,1-3H3,(H,27,28). The molecule has 0 amide bonds. The van der Waals surface area contributed by atoms with E-state index in [0.29, 0.717) is 18.2 Å². The fraction of sp³-hybridized carbons (Fsp3) is 0.391. The van der Waals surface area contributed by atoms with Crippen LogP contribution in [0.4, 0.5) is 0 Å². The van der Waals surface area contributed by atoms with Crippen LogP contribution in [-0.2, 0) is 17.8 Å². The molecule has 29 heavy (non-hydrogen) atoms. The highest BCUT2D eigenvalue weighted by Crippen LogP contribution is 2.27. The van der Waals surface area contributed by atoms with Gasteiger partial charge in [0.2, 0.25) is 0 Å². The van der Waals surface area contributed by atoms with Gasteiger partial charge in [0.15, 0.2) is 0 Å². The second-order valence-corrected chi connectivity index (χ2v) is 7.81. The summed E-state index contributed by atoms with van der Waals surface area (Å²) in [5.41, 5.74) is 4.53. The number of unbranched alkanes of at least 4 members (excludes halogenated alkanes) is 2. The fourth-order valence-corrected chi connectivity index (χ4v) is 3.75. The van der Waals surface area contributed by atoms with Crippen LogP contribution >= 0.6 is 11.6 Å². The lowest BCUT2D eigenvalue weighted by molar-refractivity contribution is -0.136. The van der Waals surface area contributed by atoms with E-state index in [1.54, 1.807) is 0 Å². The minimum absolute atomic E-state index is 0.00810. The first kappa shape index (κ1) is 21.2. The molecule has 0 saturated carbocycles. The smallest absolute Gasteiger partial charge is 0.307 e. The zero-order valence-corrected chi connectivity index (χ0v) is 17.9. The molecule has 3 rings (SSSR count). The molecule has 0 fully saturated rings. The van der Waals surface area contributed by atoms with E-state index in [2.05, 4.69) is 16.5 Å². The van der Waals surface area contributed by atoms with Crippen molar-refractivity contribution in [1.29, 1.82) is 0 Å². The summed E-state index contributed by atoms with van der Waals surface area (Å²) in [6, 6.07) is 9.60. The van der Waals surface area contributed by atoms with Gasteiger partial charge in [-0.05, 0) is 55.2 Å². The molecule has 0 radical (unpaired) electrons. The third-order valence-electron chi connectivity index (χ3n) is 5.02. The van der Waals surface area contributed by atoms with Crippen molar-refractivity contribution in [2.24, 2.45) is 0 Å². The van der Waals surface area contributed by atoms with Gasteiger partial charge in [0.1, 0.15) is 11.6 Å². The number of halogens is 1. The Bertz CT molecular complexity index is 1030. The van der Waals surface area contributed by atoms with Crippen LogP contribution in [0.25, 0.3) is 11.0 Å². The lowest BCUT2D eigenvalue weighted by atomic mass is 10.1. The number of aryl methyl sites for hydroxylation is 2. The Morgan fingerprint density at radius 3 is 2.69 bits per heavy atom. The predicted octanol–water partition coefficient (Wildman–Crippen LogP) is 5.55. The molecule has 154 valence electrons. The Balaban J connectivity index is 1.86. The molecule has 3 aromatic rings. The van der Waals surface area contributed by atoms with Crippen molar-refractivity contribution in [1.82, 2.24) is 9.55 Å². The van der Waals surface area contributed by atoms with Crippen LogP contribution in [-0.4, -0.2) is 27.2 Å². The summed E-state index contributed by atoms with van der Waals surface area (Å²) in [5.74, 6) is 0.803. The van der Waals surface area contributed by atoms with Crippen LogP contribution < -0.4 is 4.74 Å². The van der Waals surface area contributed by atoms with Crippen LogP contribution in [0.15, 0.2) is 30.3 Å². The molecule has 5 nitrogen and oxygen atoms in total. The number of carbonyl (C=O) groups is 1. The normalized spacial score (nSPS) is 11.2. The van der Waals surface area contributed by atoms with Gasteiger partial charge in [-0.3, -0.25) is 4.79 Å². The van der Waals surface area contributed by atoms with Gasteiger partial charge in [-0.1, -0.05) is 43.5 Å². The van der Waals surface area contributed by atoms with E-state index in [1.807, 2.05) is 44.2 Å². The molecule has 0 spiro atoms. The van der Waals surface area contributed by atoms with Gasteiger partial charge < -0.3 is 14.4 Å². The number of aromatic nitrogens is 2. The third-order valence-corrected chi connectivity index (χ3v) is 5.37. The zero-order chi connectivity index (χ0) is 21.0. The monoisotopic (exact) mass is 414 g/mol. The lowest BCUT2D eigenvalue weighted by Crippen LogP contribution is -2.05. The number of nitrogens with zero attached hydrogens (tertiary/aromatic N) is 2. The van der Waals surface area contributed by atoms with Crippen molar-refractivity contribution in [2.45, 2.75) is 53.0 Å². The minimum atomic E-state index is -0.843. The molecular weight excluding hydrogens is 388 g/mol. The topological polar surface area (TPSA) is 64.4 Å². The highest BCUT2D eigenvalue weighted by Gasteiger charge is 2.14. The number of benzene rings is 2. The van der Waals surface area contributed by atoms with Crippen molar-refractivity contribution >= 4 is 28.6 Å². The maximum absolute atomic E-state index is 11.1. The first-order chi connectivity index (χ1) is 13.9. The number of hydrogen-bond donors (Lipinski definition) is 1. The summed E-state index contributed by atoms with van der Waals surface area (Å²) >= 11 is 6.53. The van der Waals surface area contributed by atoms with Crippen molar-refractivity contribution in [3.8, 4) is 5.75 Å². The maximum atomic E-state index is 11.1. The summed E-state index contributed by atoms with van der Waals surface area (Å²) in [7, 11) is 0. The number of carboxylic acids is 1. The SMILES string of the molecule is CCCCCOc1ccc(Cn2c(C)nc3c(C)cc(CC(=O)O)cc32)c(Cl)c1. The Kier molecular flexibility index (Phi) is 6.80. The Labute approximate surface area is 176 Å². The predicted molar refractivity (Wildman–Crippen MR) is 116 cm³/mol. The first-order valence-electron chi connectivity index (χ1n) is 9.98. The molecule has 2 aromatic carbocycles. The summed E-state index contributed by atoms with van der Waals surface area (Å²) in [4.78, 5) is 15.8. The number of aliphatic carboxylic acids is 1. The van der Waals surface area contributed by atoms with Crippen LogP contribution in [0.2, 0.25) is 5.02 Å². The molecule has 0 saturated heterocycles. The van der Waals surface area contributed by atoms with E-state index < -0.39 is 5.97 Å². The largest absolute Gasteiger partial charge is 0.494 e. The molecule has 0 aliphatic carbocycles. The molecule has 1 N–H and O–H groups in total. The Morgan fingerprint density at radius 2 is 2.00 bits per heavy atom. The van der Waals surface area contributed by atoms with Gasteiger partial charge in [0, 0.05) is 5.02 Å². The third kappa shape index (κ3) is 5.10. The molecular formula is C23H27ClN2O3. The molecule has 0 unspecified atom stereocenters. The van der Waals surface area contributed by atoms with Gasteiger partial charge in [-0.15, -0.1) is 0 Å². The van der Waals surface area contributed by atoms with Crippen molar-refractivity contribution in [3.63, 3.8) is 0 Å². The number of hydrogen-bond acceptors (Lipinski definition) is 3. The van der Waals surface area contributed by atoms with Gasteiger partial charge in [-0.2, -0.15) is 0 Å². The number of carboxylic acid groups (broad SMARTS) is 1. The van der Waals surface area contributed by atoms with Crippen LogP contribution in [0.3, 0.4) is 0 Å². The average Bonchev–Trinajstić information content (AvgIpc) is 2.97. The van der Waals surface area contributed by atoms with Crippen molar-refractivity contribution < 1.29 is 14.6 Å². The quantitative estimate of drug-likeness (QED) is 0.466. The Hall–Kier alpha value is -2.53. The summed E-state index contributed by atoms with van der Waals surface area (Å²) in [5, 5.41) is 9.79. The average molecular weight is 415 g/mol. The van der Waals surface area contributed by atoms with Gasteiger partial charge >= 0.3 is 5.97 Å². The van der Waals surface area contributed by atoms with Crippen LogP contribution in [0.1, 0.15) is 48.7 Å². The molecule has 0 aliphatic rings. The van der Waals surface area contributed by atoms with Crippen molar-refractivity contribution in [3.05, 3.63) is 57.9 Å². The Morgan fingerprint density at radius 1 is 1.21 bits per heavy atom. The minimum Gasteiger partial charge on any atom is -0.494 e. The lowest BCUT2D eigenvalue weighted by Gasteiger charge is -2.12. The van der Waals surface area contributed by atoms with Gasteiger partial charge in [0.05, 0.1) is 30.6 Å². The van der Waals surface area contributed by atoms with Gasteiger partial charge in [-0.25, -0.2) is 4.98 Å². The van der Waals surface area contributed by atoms with E-state index in [1.165, 1.54) is 0 Å². The molecule has 0 bridgehead atoms. The van der Waals surface area contributed by atoms with E-state index in [0.717, 1.165) is 58.6 Å². The number of fused-ring (bicyclic) bond motifs is 1. The number of rotatable bonds is 9. The second kappa shape index (κ2) is 9.31. The molecule has 6 heteroatoms. The molecule has 1 aromatic heterocycles. The second-order valence-electron chi connectivity index (χ2n) is 7.40. The van der Waals surface area contributed by atoms with E-state index in [-0.39, 0.29) is 6.42 Å². The van der Waals surface area contributed by atoms with E-state index >= 15 is 0 Å². The summed E-state index contributed by atoms with van der Waals surface area (Å²) in [6.45, 7) is 7.34. The number of ether oxygens (including phenoxy) is 1. The zero-order valence-electron chi connectivity index (χ0n) is 17.2. The van der Waals surface area contributed by atoms with Crippen LogP contribution in [0, 0.1) is 13.8 Å². The highest BCUT2D eigenvalue weighted by atomic mass is 35.5. The van der Waals surface area contributed by atoms with Crippen molar-refractivity contribution in [2.75, 3.05) is 6.61 Å². The summed E-state index contributed by atoms with van der Waals surface area (Å²) in [6.07, 6.45) is 3.34. The first-order valence-corrected chi connectivity index (χ1v) is 10.4. The highest BCUT2D eigenvalue weighted by molar-refractivity contribution is 6.31. The van der Waals surface area contributed by atoms with E-state index in [9.17, 15) is 4.79 Å². The molecule has 0 atom stereocenters. The number of imidazole rings is 1. The van der Waals surface area contributed by atoms with Gasteiger partial charge in [0.25, 0.3) is 0 Å². The molecule has 1 heterocycles. The van der Waals surface area contributed by atoms with Crippen LogP contribution in [0.5, 0.6) is 5.75 Å². The fourth-order valence-electron chi connectivity index (χ4n) is 3.52.